The van der Waals surface area contributed by atoms with Gasteiger partial charge >= 0.3 is 5.97 Å². The molecule has 1 aliphatic heterocycles. The molecule has 0 aliphatic carbocycles. The van der Waals surface area contributed by atoms with E-state index in [1.807, 2.05) is 25.7 Å². The molecule has 6 nitrogen and oxygen atoms in total. The first-order valence-corrected chi connectivity index (χ1v) is 6.87. The first kappa shape index (κ1) is 16.5. The maximum Gasteiger partial charge on any atom is 0.303 e. The number of nitrogens with zero attached hydrogens (tertiary/aromatic N) is 2. The second kappa shape index (κ2) is 6.24. The van der Waals surface area contributed by atoms with Crippen LogP contribution >= 0.6 is 0 Å². The lowest BCUT2D eigenvalue weighted by molar-refractivity contribution is -0.140. The molecule has 0 radical (unpaired) electrons. The molecule has 0 aromatic heterocycles. The highest BCUT2D eigenvalue weighted by molar-refractivity contribution is 5.81. The molecule has 0 unspecified atom stereocenters. The van der Waals surface area contributed by atoms with Crippen molar-refractivity contribution in [2.24, 2.45) is 5.92 Å². The summed E-state index contributed by atoms with van der Waals surface area (Å²) in [4.78, 5) is 37.5. The Morgan fingerprint density at radius 1 is 1.35 bits per heavy atom. The third-order valence-corrected chi connectivity index (χ3v) is 3.53. The average molecular weight is 284 g/mol. The molecule has 1 fully saturated rings. The van der Waals surface area contributed by atoms with E-state index in [0.29, 0.717) is 19.5 Å². The van der Waals surface area contributed by atoms with Crippen molar-refractivity contribution < 1.29 is 19.5 Å². The smallest absolute Gasteiger partial charge is 0.303 e. The van der Waals surface area contributed by atoms with Crippen molar-refractivity contribution >= 4 is 17.8 Å². The molecule has 0 spiro atoms. The molecule has 0 aromatic carbocycles. The highest BCUT2D eigenvalue weighted by Gasteiger charge is 2.36. The monoisotopic (exact) mass is 284 g/mol. The molecular weight excluding hydrogens is 260 g/mol. The zero-order valence-corrected chi connectivity index (χ0v) is 12.7. The molecule has 0 saturated carbocycles. The summed E-state index contributed by atoms with van der Waals surface area (Å²) in [5.41, 5.74) is -0.197. The first-order valence-electron chi connectivity index (χ1n) is 6.87. The van der Waals surface area contributed by atoms with Crippen molar-refractivity contribution in [3.63, 3.8) is 0 Å². The van der Waals surface area contributed by atoms with Crippen LogP contribution in [-0.4, -0.2) is 58.4 Å². The molecule has 1 aliphatic rings. The van der Waals surface area contributed by atoms with Crippen molar-refractivity contribution in [3.8, 4) is 0 Å². The summed E-state index contributed by atoms with van der Waals surface area (Å²) in [5, 5.41) is 8.57. The second-order valence-corrected chi connectivity index (χ2v) is 6.41. The van der Waals surface area contributed by atoms with Crippen LogP contribution in [0, 0.1) is 5.92 Å². The van der Waals surface area contributed by atoms with E-state index in [1.165, 1.54) is 4.90 Å². The number of hydrogen-bond donors (Lipinski definition) is 1. The van der Waals surface area contributed by atoms with Gasteiger partial charge in [-0.3, -0.25) is 14.4 Å². The fourth-order valence-corrected chi connectivity index (χ4v) is 2.45. The van der Waals surface area contributed by atoms with Crippen molar-refractivity contribution in [1.29, 1.82) is 0 Å². The van der Waals surface area contributed by atoms with Crippen molar-refractivity contribution in [2.45, 2.75) is 45.6 Å². The highest BCUT2D eigenvalue weighted by atomic mass is 16.4. The van der Waals surface area contributed by atoms with Crippen LogP contribution in [0.25, 0.3) is 0 Å². The Morgan fingerprint density at radius 2 is 1.95 bits per heavy atom. The van der Waals surface area contributed by atoms with Crippen LogP contribution in [0.15, 0.2) is 0 Å². The Hall–Kier alpha value is -1.59. The number of carbonyl (C=O) groups is 3. The van der Waals surface area contributed by atoms with E-state index in [-0.39, 0.29) is 36.1 Å². The van der Waals surface area contributed by atoms with Crippen molar-refractivity contribution in [3.05, 3.63) is 0 Å². The molecule has 2 amide bonds. The highest BCUT2D eigenvalue weighted by Crippen LogP contribution is 2.26. The summed E-state index contributed by atoms with van der Waals surface area (Å²) >= 11 is 0. The van der Waals surface area contributed by atoms with E-state index in [1.54, 1.807) is 7.05 Å². The van der Waals surface area contributed by atoms with Gasteiger partial charge in [0, 0.05) is 44.4 Å². The predicted octanol–water partition coefficient (Wildman–Crippen LogP) is 0.957. The Balaban J connectivity index is 2.48. The largest absolute Gasteiger partial charge is 0.481 e. The van der Waals surface area contributed by atoms with Crippen LogP contribution < -0.4 is 0 Å². The van der Waals surface area contributed by atoms with Gasteiger partial charge < -0.3 is 14.9 Å². The van der Waals surface area contributed by atoms with E-state index >= 15 is 0 Å². The lowest BCUT2D eigenvalue weighted by atomic mass is 10.1. The number of likely N-dealkylation sites (tertiary alicyclic amines) is 1. The zero-order valence-electron chi connectivity index (χ0n) is 12.7. The lowest BCUT2D eigenvalue weighted by Gasteiger charge is -2.32. The summed E-state index contributed by atoms with van der Waals surface area (Å²) in [6.45, 7) is 7.13. The molecular formula is C14H24N2O4. The molecule has 1 heterocycles. The molecule has 0 aromatic rings. The Labute approximate surface area is 119 Å². The minimum absolute atomic E-state index is 0.00941. The fourth-order valence-electron chi connectivity index (χ4n) is 2.45. The molecule has 1 N–H and O–H groups in total. The number of carbonyl (C=O) groups excluding carboxylic acids is 2. The van der Waals surface area contributed by atoms with Crippen LogP contribution in [0.3, 0.4) is 0 Å². The van der Waals surface area contributed by atoms with Gasteiger partial charge in [0.05, 0.1) is 6.42 Å². The van der Waals surface area contributed by atoms with Gasteiger partial charge in [0.25, 0.3) is 0 Å². The van der Waals surface area contributed by atoms with Crippen LogP contribution in [-0.2, 0) is 14.4 Å². The van der Waals surface area contributed by atoms with Gasteiger partial charge in [-0.15, -0.1) is 0 Å². The van der Waals surface area contributed by atoms with Gasteiger partial charge in [-0.05, 0) is 20.8 Å². The topological polar surface area (TPSA) is 77.9 Å². The summed E-state index contributed by atoms with van der Waals surface area (Å²) in [5.74, 6) is -0.912. The number of carboxylic acid groups (broad SMARTS) is 1. The molecule has 1 atom stereocenters. The molecule has 1 rings (SSSR count). The van der Waals surface area contributed by atoms with Gasteiger partial charge in [-0.2, -0.15) is 0 Å². The number of hydrogen-bond acceptors (Lipinski definition) is 3. The molecule has 20 heavy (non-hydrogen) atoms. The van der Waals surface area contributed by atoms with E-state index in [4.69, 9.17) is 5.11 Å². The lowest BCUT2D eigenvalue weighted by Crippen LogP contribution is -2.43. The van der Waals surface area contributed by atoms with E-state index in [9.17, 15) is 14.4 Å². The van der Waals surface area contributed by atoms with Gasteiger partial charge in [0.1, 0.15) is 0 Å². The second-order valence-electron chi connectivity index (χ2n) is 6.41. The standard InChI is InChI=1S/C14H24N2O4/c1-14(2,3)16-9-10(7-12(16)18)8-15(4)11(17)5-6-13(19)20/h10H,5-9H2,1-4H3,(H,19,20)/t10-/m1/s1. The number of carboxylic acids is 1. The van der Waals surface area contributed by atoms with Crippen molar-refractivity contribution in [2.75, 3.05) is 20.1 Å². The van der Waals surface area contributed by atoms with Gasteiger partial charge in [-0.1, -0.05) is 0 Å². The van der Waals surface area contributed by atoms with E-state index in [2.05, 4.69) is 0 Å². The number of rotatable bonds is 5. The van der Waals surface area contributed by atoms with Crippen LogP contribution in [0.1, 0.15) is 40.0 Å². The molecule has 0 bridgehead atoms. The molecule has 1 saturated heterocycles. The van der Waals surface area contributed by atoms with Crippen molar-refractivity contribution in [1.82, 2.24) is 9.80 Å². The SMILES string of the molecule is CN(C[C@H]1CC(=O)N(C(C)(C)C)C1)C(=O)CCC(=O)O. The number of aliphatic carboxylic acids is 1. The molecule has 6 heteroatoms. The van der Waals surface area contributed by atoms with E-state index in [0.717, 1.165) is 0 Å². The quantitative estimate of drug-likeness (QED) is 0.815. The summed E-state index contributed by atoms with van der Waals surface area (Å²) < 4.78 is 0. The van der Waals surface area contributed by atoms with Crippen LogP contribution in [0.5, 0.6) is 0 Å². The Bertz CT molecular complexity index is 400. The summed E-state index contributed by atoms with van der Waals surface area (Å²) in [6.07, 6.45) is 0.310. The molecule has 114 valence electrons. The maximum atomic E-state index is 11.9. The Morgan fingerprint density at radius 3 is 2.40 bits per heavy atom. The zero-order chi connectivity index (χ0) is 15.5. The predicted molar refractivity (Wildman–Crippen MR) is 74.1 cm³/mol. The van der Waals surface area contributed by atoms with Gasteiger partial charge in [0.15, 0.2) is 0 Å². The minimum atomic E-state index is -0.971. The third-order valence-electron chi connectivity index (χ3n) is 3.53. The van der Waals surface area contributed by atoms with E-state index < -0.39 is 5.97 Å². The first-order chi connectivity index (χ1) is 9.11. The van der Waals surface area contributed by atoms with Crippen LogP contribution in [0.2, 0.25) is 0 Å². The van der Waals surface area contributed by atoms with Gasteiger partial charge in [0.2, 0.25) is 11.8 Å². The average Bonchev–Trinajstić information content (AvgIpc) is 2.66. The van der Waals surface area contributed by atoms with Crippen LogP contribution in [0.4, 0.5) is 0 Å². The van der Waals surface area contributed by atoms with Gasteiger partial charge in [-0.25, -0.2) is 0 Å². The Kier molecular flexibility index (Phi) is 5.14. The normalized spacial score (nSPS) is 19.3. The summed E-state index contributed by atoms with van der Waals surface area (Å²) in [6, 6.07) is 0. The summed E-state index contributed by atoms with van der Waals surface area (Å²) in [7, 11) is 1.66. The third kappa shape index (κ3) is 4.51. The number of amides is 2. The maximum absolute atomic E-state index is 11.9. The minimum Gasteiger partial charge on any atom is -0.481 e. The fraction of sp³-hybridized carbons (Fsp3) is 0.786.